The van der Waals surface area contributed by atoms with Crippen molar-refractivity contribution in [1.82, 2.24) is 25.0 Å². The van der Waals surface area contributed by atoms with Crippen LogP contribution in [-0.4, -0.2) is 64.5 Å². The zero-order valence-electron chi connectivity index (χ0n) is 16.1. The minimum atomic E-state index is 0. The summed E-state index contributed by atoms with van der Waals surface area (Å²) in [4.78, 5) is 6.97. The monoisotopic (exact) mass is 486 g/mol. The molecule has 8 heteroatoms. The van der Waals surface area contributed by atoms with E-state index in [0.29, 0.717) is 24.0 Å². The highest BCUT2D eigenvalue weighted by molar-refractivity contribution is 14.0. The number of rotatable bonds is 3. The molecular formula is C19H31IN6O. The molecule has 7 nitrogen and oxygen atoms in total. The largest absolute Gasteiger partial charge is 0.374 e. The summed E-state index contributed by atoms with van der Waals surface area (Å²) < 4.78 is 8.43. The molecule has 3 fully saturated rings. The molecule has 0 aromatic carbocycles. The number of halogens is 1. The van der Waals surface area contributed by atoms with Crippen molar-refractivity contribution < 1.29 is 4.74 Å². The molecule has 1 aromatic heterocycles. The minimum absolute atomic E-state index is 0. The number of aliphatic imine (C=N–C) groups is 1. The van der Waals surface area contributed by atoms with E-state index in [1.165, 1.54) is 37.9 Å². The fourth-order valence-corrected chi connectivity index (χ4v) is 5.48. The van der Waals surface area contributed by atoms with Crippen LogP contribution in [0.3, 0.4) is 0 Å². The third-order valence-corrected chi connectivity index (χ3v) is 6.78. The molecule has 3 saturated heterocycles. The van der Waals surface area contributed by atoms with Gasteiger partial charge in [-0.25, -0.2) is 0 Å². The van der Waals surface area contributed by atoms with Crippen LogP contribution in [0.15, 0.2) is 4.99 Å². The average Bonchev–Trinajstić information content (AvgIpc) is 3.39. The van der Waals surface area contributed by atoms with E-state index in [1.807, 2.05) is 7.05 Å². The Balaban J connectivity index is 0.00000180. The van der Waals surface area contributed by atoms with Crippen molar-refractivity contribution in [3.05, 3.63) is 11.6 Å². The van der Waals surface area contributed by atoms with Crippen LogP contribution in [0.1, 0.15) is 43.8 Å². The van der Waals surface area contributed by atoms with Gasteiger partial charge in [0.1, 0.15) is 11.6 Å². The molecule has 4 aliphatic rings. The minimum Gasteiger partial charge on any atom is -0.374 e. The zero-order valence-corrected chi connectivity index (χ0v) is 18.5. The maximum atomic E-state index is 6.09. The first kappa shape index (κ1) is 19.4. The van der Waals surface area contributed by atoms with E-state index >= 15 is 0 Å². The molecule has 4 atom stereocenters. The highest BCUT2D eigenvalue weighted by Crippen LogP contribution is 2.47. The van der Waals surface area contributed by atoms with Crippen LogP contribution in [0.2, 0.25) is 0 Å². The maximum absolute atomic E-state index is 6.09. The molecule has 0 amide bonds. The number of fused-ring (bicyclic) bond motifs is 6. The van der Waals surface area contributed by atoms with Gasteiger partial charge in [-0.3, -0.25) is 4.99 Å². The number of hydrogen-bond donors (Lipinski definition) is 1. The smallest absolute Gasteiger partial charge is 0.193 e. The Bertz CT molecular complexity index is 674. The summed E-state index contributed by atoms with van der Waals surface area (Å²) in [5.41, 5.74) is 0. The van der Waals surface area contributed by atoms with Crippen molar-refractivity contribution in [2.45, 2.75) is 63.7 Å². The first-order chi connectivity index (χ1) is 12.8. The average molecular weight is 486 g/mol. The molecule has 4 unspecified atom stereocenters. The number of guanidine groups is 1. The molecule has 2 bridgehead atoms. The van der Waals surface area contributed by atoms with Gasteiger partial charge in [-0.05, 0) is 25.7 Å². The number of ether oxygens (including phenoxy) is 1. The van der Waals surface area contributed by atoms with Gasteiger partial charge in [-0.15, -0.1) is 34.2 Å². The lowest BCUT2D eigenvalue weighted by molar-refractivity contribution is 0.0767. The van der Waals surface area contributed by atoms with Crippen molar-refractivity contribution >= 4 is 29.9 Å². The fourth-order valence-electron chi connectivity index (χ4n) is 5.48. The second-order valence-electron chi connectivity index (χ2n) is 8.24. The van der Waals surface area contributed by atoms with Crippen molar-refractivity contribution in [1.29, 1.82) is 0 Å². The van der Waals surface area contributed by atoms with E-state index in [9.17, 15) is 0 Å². The van der Waals surface area contributed by atoms with E-state index < -0.39 is 0 Å². The molecule has 150 valence electrons. The Morgan fingerprint density at radius 3 is 2.67 bits per heavy atom. The van der Waals surface area contributed by atoms with Crippen molar-refractivity contribution in [3.63, 3.8) is 0 Å². The predicted molar refractivity (Wildman–Crippen MR) is 115 cm³/mol. The van der Waals surface area contributed by atoms with Gasteiger partial charge in [-0.2, -0.15) is 0 Å². The van der Waals surface area contributed by atoms with Crippen molar-refractivity contribution in [2.24, 2.45) is 16.8 Å². The van der Waals surface area contributed by atoms with Crippen LogP contribution in [0.25, 0.3) is 0 Å². The molecule has 27 heavy (non-hydrogen) atoms. The van der Waals surface area contributed by atoms with Crippen molar-refractivity contribution in [2.75, 3.05) is 26.7 Å². The van der Waals surface area contributed by atoms with Gasteiger partial charge < -0.3 is 19.5 Å². The molecule has 5 rings (SSSR count). The lowest BCUT2D eigenvalue weighted by Gasteiger charge is -2.23. The highest BCUT2D eigenvalue weighted by atomic mass is 127. The summed E-state index contributed by atoms with van der Waals surface area (Å²) in [5.74, 6) is 4.74. The molecular weight excluding hydrogens is 455 g/mol. The zero-order chi connectivity index (χ0) is 17.5. The molecule has 1 aromatic rings. The summed E-state index contributed by atoms with van der Waals surface area (Å²) in [5, 5.41) is 12.4. The number of nitrogens with zero attached hydrogens (tertiary/aromatic N) is 5. The summed E-state index contributed by atoms with van der Waals surface area (Å²) in [6.45, 7) is 4.11. The summed E-state index contributed by atoms with van der Waals surface area (Å²) in [6.07, 6.45) is 9.27. The highest BCUT2D eigenvalue weighted by Gasteiger charge is 2.53. The van der Waals surface area contributed by atoms with Crippen LogP contribution < -0.4 is 5.32 Å². The number of likely N-dealkylation sites (tertiary alicyclic amines) is 1. The SMILES string of the molecule is CN=C(NCCc1nnc2n1CCCCC2)N1CC2C3CCC(O3)C2C1.I. The number of aromatic nitrogens is 3. The normalized spacial score (nSPS) is 32.0. The van der Waals surface area contributed by atoms with E-state index in [1.54, 1.807) is 0 Å². The van der Waals surface area contributed by atoms with Gasteiger partial charge in [0.25, 0.3) is 0 Å². The Morgan fingerprint density at radius 2 is 1.93 bits per heavy atom. The van der Waals surface area contributed by atoms with Crippen molar-refractivity contribution in [3.8, 4) is 0 Å². The predicted octanol–water partition coefficient (Wildman–Crippen LogP) is 1.85. The lowest BCUT2D eigenvalue weighted by Crippen LogP contribution is -2.42. The quantitative estimate of drug-likeness (QED) is 0.402. The molecule has 0 spiro atoms. The Morgan fingerprint density at radius 1 is 1.15 bits per heavy atom. The third-order valence-electron chi connectivity index (χ3n) is 6.78. The maximum Gasteiger partial charge on any atom is 0.193 e. The Hall–Kier alpha value is -0.900. The topological polar surface area (TPSA) is 67.6 Å². The summed E-state index contributed by atoms with van der Waals surface area (Å²) in [7, 11) is 1.89. The Labute approximate surface area is 178 Å². The van der Waals surface area contributed by atoms with Crippen LogP contribution in [-0.2, 0) is 24.1 Å². The van der Waals surface area contributed by atoms with Gasteiger partial charge in [-0.1, -0.05) is 6.42 Å². The van der Waals surface area contributed by atoms with Gasteiger partial charge >= 0.3 is 0 Å². The first-order valence-corrected chi connectivity index (χ1v) is 10.4. The van der Waals surface area contributed by atoms with Gasteiger partial charge in [0.05, 0.1) is 12.2 Å². The second-order valence-corrected chi connectivity index (χ2v) is 8.24. The van der Waals surface area contributed by atoms with E-state index in [4.69, 9.17) is 4.74 Å². The van der Waals surface area contributed by atoms with Crippen LogP contribution in [0.4, 0.5) is 0 Å². The standard InChI is InChI=1S/C19H30N6O.HI/c1-20-19(24-11-13-14(12-24)16-7-6-15(13)26-16)21-9-8-18-23-22-17-5-3-2-4-10-25(17)18;/h13-16H,2-12H2,1H3,(H,20,21);1H. The van der Waals surface area contributed by atoms with E-state index in [-0.39, 0.29) is 24.0 Å². The summed E-state index contributed by atoms with van der Waals surface area (Å²) in [6, 6.07) is 0. The summed E-state index contributed by atoms with van der Waals surface area (Å²) >= 11 is 0. The third kappa shape index (κ3) is 3.59. The fraction of sp³-hybridized carbons (Fsp3) is 0.842. The number of hydrogen-bond acceptors (Lipinski definition) is 4. The molecule has 4 aliphatic heterocycles. The molecule has 0 aliphatic carbocycles. The second kappa shape index (κ2) is 8.23. The Kier molecular flexibility index (Phi) is 5.92. The van der Waals surface area contributed by atoms with Crippen LogP contribution in [0.5, 0.6) is 0 Å². The lowest BCUT2D eigenvalue weighted by atomic mass is 9.82. The van der Waals surface area contributed by atoms with Gasteiger partial charge in [0, 0.05) is 57.9 Å². The van der Waals surface area contributed by atoms with E-state index in [0.717, 1.165) is 50.8 Å². The van der Waals surface area contributed by atoms with Gasteiger partial charge in [0.15, 0.2) is 5.96 Å². The number of aryl methyl sites for hydroxylation is 1. The first-order valence-electron chi connectivity index (χ1n) is 10.4. The van der Waals surface area contributed by atoms with Gasteiger partial charge in [0.2, 0.25) is 0 Å². The number of nitrogens with one attached hydrogen (secondary N) is 1. The molecule has 1 N–H and O–H groups in total. The molecule has 0 saturated carbocycles. The van der Waals surface area contributed by atoms with Crippen LogP contribution in [0, 0.1) is 11.8 Å². The van der Waals surface area contributed by atoms with E-state index in [2.05, 4.69) is 30.0 Å². The molecule has 0 radical (unpaired) electrons. The van der Waals surface area contributed by atoms with Crippen LogP contribution >= 0.6 is 24.0 Å². The molecule has 5 heterocycles.